The Hall–Kier alpha value is -2.28. The minimum absolute atomic E-state index is 0.126. The van der Waals surface area contributed by atoms with Gasteiger partial charge in [0.05, 0.1) is 0 Å². The Morgan fingerprint density at radius 3 is 2.37 bits per heavy atom. The van der Waals surface area contributed by atoms with E-state index in [9.17, 15) is 0 Å². The van der Waals surface area contributed by atoms with E-state index in [0.29, 0.717) is 5.84 Å². The molecule has 0 radical (unpaired) electrons. The molecule has 2 aromatic carbocycles. The van der Waals surface area contributed by atoms with Gasteiger partial charge in [-0.3, -0.25) is 0 Å². The average Bonchev–Trinajstić information content (AvgIpc) is 2.71. The highest BCUT2D eigenvalue weighted by Crippen LogP contribution is 2.24. The molecule has 0 aromatic heterocycles. The van der Waals surface area contributed by atoms with Crippen molar-refractivity contribution >= 4 is 23.2 Å². The summed E-state index contributed by atoms with van der Waals surface area (Å²) < 4.78 is 5.85. The van der Waals surface area contributed by atoms with Gasteiger partial charge < -0.3 is 20.3 Å². The molecule has 0 spiro atoms. The van der Waals surface area contributed by atoms with Crippen molar-refractivity contribution in [2.24, 2.45) is 10.7 Å². The molecule has 3 rings (SSSR count). The molecule has 0 saturated carbocycles. The normalized spacial score (nSPS) is 15.9. The van der Waals surface area contributed by atoms with Crippen LogP contribution < -0.4 is 10.5 Å². The van der Waals surface area contributed by atoms with E-state index in [1.54, 1.807) is 0 Å². The fourth-order valence-corrected chi connectivity index (χ4v) is 3.77. The molecule has 1 heterocycles. The third kappa shape index (κ3) is 6.11. The Labute approximate surface area is 185 Å². The number of hydrogen-bond donors (Lipinski definition) is 1. The fourth-order valence-electron chi connectivity index (χ4n) is 3.58. The molecule has 1 fully saturated rings. The Kier molecular flexibility index (Phi) is 7.58. The molecule has 0 aliphatic carbocycles. The molecule has 1 saturated heterocycles. The van der Waals surface area contributed by atoms with Crippen LogP contribution in [0.15, 0.2) is 41.4 Å². The first-order valence-corrected chi connectivity index (χ1v) is 10.9. The lowest BCUT2D eigenvalue weighted by Crippen LogP contribution is -2.45. The van der Waals surface area contributed by atoms with E-state index < -0.39 is 0 Å². The highest BCUT2D eigenvalue weighted by molar-refractivity contribution is 7.80. The number of thiocarbonyl (C=S) groups is 1. The van der Waals surface area contributed by atoms with Gasteiger partial charge in [-0.2, -0.15) is 4.99 Å². The van der Waals surface area contributed by atoms with Gasteiger partial charge in [-0.05, 0) is 69.2 Å². The second-order valence-corrected chi connectivity index (χ2v) is 8.52. The lowest BCUT2D eigenvalue weighted by Gasteiger charge is -2.32. The molecule has 0 amide bonds. The molecule has 30 heavy (non-hydrogen) atoms. The number of piperazine rings is 1. The Morgan fingerprint density at radius 2 is 1.70 bits per heavy atom. The molecular formula is C24H32N4OS. The van der Waals surface area contributed by atoms with Gasteiger partial charge >= 0.3 is 0 Å². The van der Waals surface area contributed by atoms with Crippen molar-refractivity contribution in [3.63, 3.8) is 0 Å². The first-order valence-electron chi connectivity index (χ1n) is 10.5. The predicted octanol–water partition coefficient (Wildman–Crippen LogP) is 3.47. The zero-order valence-electron chi connectivity index (χ0n) is 18.4. The van der Waals surface area contributed by atoms with Gasteiger partial charge in [-0.15, -0.1) is 0 Å². The molecule has 1 aliphatic heterocycles. The number of amidine groups is 1. The van der Waals surface area contributed by atoms with Crippen molar-refractivity contribution in [3.8, 4) is 5.75 Å². The van der Waals surface area contributed by atoms with E-state index in [4.69, 9.17) is 22.7 Å². The highest BCUT2D eigenvalue weighted by Gasteiger charge is 2.14. The number of likely N-dealkylation sites (N-methyl/N-ethyl adjacent to an activating group) is 1. The number of hydrogen-bond acceptors (Lipinski definition) is 4. The number of nitrogens with two attached hydrogens (primary N) is 1. The number of aryl methyl sites for hydroxylation is 3. The van der Waals surface area contributed by atoms with Crippen molar-refractivity contribution in [2.75, 3.05) is 39.8 Å². The topological polar surface area (TPSA) is 54.1 Å². The molecule has 6 heteroatoms. The highest BCUT2D eigenvalue weighted by atomic mass is 32.1. The smallest absolute Gasteiger partial charge is 0.290 e. The van der Waals surface area contributed by atoms with Gasteiger partial charge in [0, 0.05) is 38.3 Å². The van der Waals surface area contributed by atoms with Crippen molar-refractivity contribution in [2.45, 2.75) is 27.2 Å². The molecule has 160 valence electrons. The quantitative estimate of drug-likeness (QED) is 0.453. The largest absolute Gasteiger partial charge is 0.430 e. The third-order valence-electron chi connectivity index (χ3n) is 5.68. The van der Waals surface area contributed by atoms with Crippen molar-refractivity contribution in [1.29, 1.82) is 0 Å². The number of nitrogens with zero attached hydrogens (tertiary/aromatic N) is 3. The molecular weight excluding hydrogens is 392 g/mol. The van der Waals surface area contributed by atoms with E-state index in [-0.39, 0.29) is 5.17 Å². The van der Waals surface area contributed by atoms with Gasteiger partial charge in [-0.25, -0.2) is 0 Å². The molecule has 0 atom stereocenters. The van der Waals surface area contributed by atoms with Gasteiger partial charge in [0.2, 0.25) is 0 Å². The van der Waals surface area contributed by atoms with Crippen LogP contribution in [0.5, 0.6) is 5.75 Å². The summed E-state index contributed by atoms with van der Waals surface area (Å²) in [5.74, 6) is 1.10. The average molecular weight is 425 g/mol. The van der Waals surface area contributed by atoms with Crippen LogP contribution in [0, 0.1) is 20.8 Å². The Balaban J connectivity index is 1.62. The van der Waals surface area contributed by atoms with E-state index in [1.165, 1.54) is 16.7 Å². The van der Waals surface area contributed by atoms with Gasteiger partial charge in [0.1, 0.15) is 11.6 Å². The number of ether oxygens (including phenoxy) is 1. The minimum atomic E-state index is 0.126. The van der Waals surface area contributed by atoms with Crippen LogP contribution in [-0.2, 0) is 6.42 Å². The summed E-state index contributed by atoms with van der Waals surface area (Å²) in [5, 5.41) is 0.126. The molecule has 1 aliphatic rings. The van der Waals surface area contributed by atoms with Gasteiger partial charge in [-0.1, -0.05) is 35.9 Å². The molecule has 2 aromatic rings. The summed E-state index contributed by atoms with van der Waals surface area (Å²) in [5.41, 5.74) is 11.7. The van der Waals surface area contributed by atoms with Crippen LogP contribution >= 0.6 is 12.2 Å². The summed E-state index contributed by atoms with van der Waals surface area (Å²) in [6.07, 6.45) is 1.04. The van der Waals surface area contributed by atoms with Crippen molar-refractivity contribution in [1.82, 2.24) is 9.80 Å². The van der Waals surface area contributed by atoms with Crippen LogP contribution in [-0.4, -0.2) is 60.6 Å². The van der Waals surface area contributed by atoms with Crippen LogP contribution in [0.25, 0.3) is 0 Å². The van der Waals surface area contributed by atoms with Crippen molar-refractivity contribution < 1.29 is 4.74 Å². The summed E-state index contributed by atoms with van der Waals surface area (Å²) >= 11 is 5.32. The first kappa shape index (κ1) is 22.4. The van der Waals surface area contributed by atoms with E-state index >= 15 is 0 Å². The number of benzene rings is 2. The summed E-state index contributed by atoms with van der Waals surface area (Å²) in [6, 6.07) is 12.1. The van der Waals surface area contributed by atoms with Crippen LogP contribution in [0.3, 0.4) is 0 Å². The van der Waals surface area contributed by atoms with Crippen LogP contribution in [0.2, 0.25) is 0 Å². The fraction of sp³-hybridized carbons (Fsp3) is 0.417. The van der Waals surface area contributed by atoms with E-state index in [2.05, 4.69) is 40.9 Å². The molecule has 2 N–H and O–H groups in total. The maximum absolute atomic E-state index is 6.09. The predicted molar refractivity (Wildman–Crippen MR) is 129 cm³/mol. The maximum Gasteiger partial charge on any atom is 0.290 e. The Bertz CT molecular complexity index is 916. The van der Waals surface area contributed by atoms with E-state index in [0.717, 1.165) is 56.0 Å². The van der Waals surface area contributed by atoms with Gasteiger partial charge in [0.15, 0.2) is 0 Å². The monoisotopic (exact) mass is 424 g/mol. The van der Waals surface area contributed by atoms with Crippen LogP contribution in [0.1, 0.15) is 27.8 Å². The zero-order chi connectivity index (χ0) is 21.7. The molecule has 0 unspecified atom stereocenters. The standard InChI is InChI=1S/C24H32N4OS/c1-17-5-7-20(8-6-17)23(25)26-24(30)29-22-16-18(2)21(15-19(22)3)9-10-28-13-11-27(4)12-14-28/h5-8,15-16H,9-14H2,1-4H3,(H2,25,26,30). The second-order valence-electron chi connectivity index (χ2n) is 8.17. The number of rotatable bonds is 5. The van der Waals surface area contributed by atoms with E-state index in [1.807, 2.05) is 38.1 Å². The van der Waals surface area contributed by atoms with Gasteiger partial charge in [0.25, 0.3) is 5.17 Å². The summed E-state index contributed by atoms with van der Waals surface area (Å²) in [6.45, 7) is 11.9. The minimum Gasteiger partial charge on any atom is -0.430 e. The lowest BCUT2D eigenvalue weighted by molar-refractivity contribution is 0.155. The van der Waals surface area contributed by atoms with Crippen LogP contribution in [0.4, 0.5) is 0 Å². The number of aliphatic imine (C=N–C) groups is 1. The summed E-state index contributed by atoms with van der Waals surface area (Å²) in [4.78, 5) is 9.18. The second kappa shape index (κ2) is 10.2. The third-order valence-corrected chi connectivity index (χ3v) is 5.86. The van der Waals surface area contributed by atoms with Crippen molar-refractivity contribution in [3.05, 3.63) is 64.2 Å². The zero-order valence-corrected chi connectivity index (χ0v) is 19.3. The maximum atomic E-state index is 6.09. The molecule has 0 bridgehead atoms. The SMILES string of the molecule is Cc1ccc(C(N)=NC(=S)Oc2cc(C)c(CCN3CCN(C)CC3)cc2C)cc1. The molecule has 5 nitrogen and oxygen atoms in total. The lowest BCUT2D eigenvalue weighted by atomic mass is 10.0. The first-order chi connectivity index (χ1) is 14.3. The summed E-state index contributed by atoms with van der Waals surface area (Å²) in [7, 11) is 2.19. The Morgan fingerprint density at radius 1 is 1.03 bits per heavy atom.